The van der Waals surface area contributed by atoms with Crippen molar-refractivity contribution in [2.24, 2.45) is 5.92 Å². The van der Waals surface area contributed by atoms with Gasteiger partial charge in [0.15, 0.2) is 5.75 Å². The van der Waals surface area contributed by atoms with Gasteiger partial charge in [0.25, 0.3) is 0 Å². The third-order valence-electron chi connectivity index (χ3n) is 7.52. The number of likely N-dealkylation sites (tertiary alicyclic amines) is 1. The van der Waals surface area contributed by atoms with Crippen LogP contribution in [0.1, 0.15) is 18.4 Å². The summed E-state index contributed by atoms with van der Waals surface area (Å²) in [5.41, 5.74) is 2.45. The summed E-state index contributed by atoms with van der Waals surface area (Å²) in [5.74, 6) is 1.72. The molecule has 0 atom stereocenters. The van der Waals surface area contributed by atoms with Crippen molar-refractivity contribution >= 4 is 41.3 Å². The number of hydrogen-bond acceptors (Lipinski definition) is 9. The molecule has 2 aliphatic rings. The molecule has 0 spiro atoms. The first-order valence-corrected chi connectivity index (χ1v) is 14.8. The lowest BCUT2D eigenvalue weighted by atomic mass is 9.96. The number of carbonyl (C=O) groups excluding carboxylic acids is 1. The Morgan fingerprint density at radius 2 is 1.65 bits per heavy atom. The van der Waals surface area contributed by atoms with Crippen molar-refractivity contribution in [3.8, 4) is 22.9 Å². The zero-order valence-electron chi connectivity index (χ0n) is 23.7. The number of nitrogens with one attached hydrogen (secondary N) is 1. The Hall–Kier alpha value is -3.87. The van der Waals surface area contributed by atoms with Crippen LogP contribution in [-0.4, -0.2) is 95.0 Å². The van der Waals surface area contributed by atoms with Crippen LogP contribution in [-0.2, 0) is 11.3 Å². The topological polar surface area (TPSA) is 133 Å². The van der Waals surface area contributed by atoms with Gasteiger partial charge in [-0.15, -0.1) is 0 Å². The first kappa shape index (κ1) is 30.6. The molecule has 228 valence electrons. The van der Waals surface area contributed by atoms with Crippen LogP contribution in [0.5, 0.6) is 11.6 Å². The third kappa shape index (κ3) is 8.37. The Morgan fingerprint density at radius 1 is 0.977 bits per heavy atom. The molecule has 2 fully saturated rings. The van der Waals surface area contributed by atoms with Gasteiger partial charge in [0, 0.05) is 60.9 Å². The van der Waals surface area contributed by atoms with Gasteiger partial charge in [0.05, 0.1) is 25.2 Å². The van der Waals surface area contributed by atoms with Crippen molar-refractivity contribution in [2.75, 3.05) is 57.8 Å². The van der Waals surface area contributed by atoms with E-state index in [0.29, 0.717) is 78.5 Å². The highest BCUT2D eigenvalue weighted by Crippen LogP contribution is 2.31. The number of amides is 2. The molecule has 5 rings (SSSR count). The number of methoxy groups -OCH3 is 1. The summed E-state index contributed by atoms with van der Waals surface area (Å²) >= 11 is 12.6. The summed E-state index contributed by atoms with van der Waals surface area (Å²) in [6.45, 7) is 4.89. The van der Waals surface area contributed by atoms with Crippen LogP contribution < -0.4 is 15.0 Å². The molecule has 0 bridgehead atoms. The van der Waals surface area contributed by atoms with E-state index in [4.69, 9.17) is 32.9 Å². The lowest BCUT2D eigenvalue weighted by Crippen LogP contribution is -2.48. The zero-order valence-corrected chi connectivity index (χ0v) is 25.2. The van der Waals surface area contributed by atoms with E-state index in [9.17, 15) is 14.7 Å². The van der Waals surface area contributed by atoms with Crippen molar-refractivity contribution in [3.63, 3.8) is 0 Å². The quantitative estimate of drug-likeness (QED) is 0.350. The SMILES string of the molecule is COC(=O)NCC1CCN(Cc2cc(Oc3cnc(N4CCN(C(=O)O)CC4)nc3)nc(-c3cc(Cl)cc(Cl)c3)c2)CC1. The number of benzene rings is 1. The van der Waals surface area contributed by atoms with Crippen molar-refractivity contribution in [1.82, 2.24) is 30.1 Å². The van der Waals surface area contributed by atoms with Crippen LogP contribution in [0, 0.1) is 5.92 Å². The van der Waals surface area contributed by atoms with Crippen molar-refractivity contribution in [3.05, 3.63) is 58.3 Å². The van der Waals surface area contributed by atoms with Crippen molar-refractivity contribution in [1.29, 1.82) is 0 Å². The molecule has 2 N–H and O–H groups in total. The summed E-state index contributed by atoms with van der Waals surface area (Å²) in [6.07, 6.45) is 3.77. The number of piperidine rings is 1. The fourth-order valence-corrected chi connectivity index (χ4v) is 5.73. The van der Waals surface area contributed by atoms with Gasteiger partial charge in [-0.25, -0.2) is 24.5 Å². The van der Waals surface area contributed by atoms with Gasteiger partial charge in [0.1, 0.15) is 0 Å². The standard InChI is InChI=1S/C29H33Cl2N7O5/c1-42-28(39)34-15-19-2-4-36(5-3-19)18-20-10-25(21-12-22(30)14-23(31)13-21)35-26(11-20)43-24-16-32-27(33-17-24)37-6-8-38(9-7-37)29(40)41/h10-14,16-17,19H,2-9,15,18H2,1H3,(H,34,39)(H,40,41). The van der Waals surface area contributed by atoms with Crippen molar-refractivity contribution < 1.29 is 24.2 Å². The molecule has 2 amide bonds. The van der Waals surface area contributed by atoms with Crippen LogP contribution in [0.2, 0.25) is 10.0 Å². The fourth-order valence-electron chi connectivity index (χ4n) is 5.20. The number of ether oxygens (including phenoxy) is 2. The predicted molar refractivity (Wildman–Crippen MR) is 162 cm³/mol. The molecule has 2 saturated heterocycles. The average molecular weight is 631 g/mol. The Balaban J connectivity index is 1.29. The lowest BCUT2D eigenvalue weighted by Gasteiger charge is -2.32. The average Bonchev–Trinajstić information content (AvgIpc) is 3.00. The van der Waals surface area contributed by atoms with Crippen LogP contribution in [0.25, 0.3) is 11.3 Å². The summed E-state index contributed by atoms with van der Waals surface area (Å²) < 4.78 is 10.8. The Kier molecular flexibility index (Phi) is 10.0. The monoisotopic (exact) mass is 629 g/mol. The van der Waals surface area contributed by atoms with E-state index >= 15 is 0 Å². The normalized spacial score (nSPS) is 16.2. The number of carbonyl (C=O) groups is 2. The molecule has 1 aromatic carbocycles. The van der Waals surface area contributed by atoms with E-state index in [1.165, 1.54) is 12.0 Å². The Bertz CT molecular complexity index is 1410. The van der Waals surface area contributed by atoms with E-state index < -0.39 is 12.2 Å². The zero-order chi connectivity index (χ0) is 30.3. The number of aromatic nitrogens is 3. The number of rotatable bonds is 8. The molecule has 0 aliphatic carbocycles. The second kappa shape index (κ2) is 14.1. The minimum atomic E-state index is -0.920. The molecule has 14 heteroatoms. The molecule has 12 nitrogen and oxygen atoms in total. The highest BCUT2D eigenvalue weighted by atomic mass is 35.5. The maximum absolute atomic E-state index is 11.4. The highest BCUT2D eigenvalue weighted by molar-refractivity contribution is 6.35. The molecule has 0 radical (unpaired) electrons. The summed E-state index contributed by atoms with van der Waals surface area (Å²) in [7, 11) is 1.37. The molecule has 4 heterocycles. The van der Waals surface area contributed by atoms with Gasteiger partial charge in [0.2, 0.25) is 11.8 Å². The number of anilines is 1. The van der Waals surface area contributed by atoms with Crippen LogP contribution >= 0.6 is 23.2 Å². The Morgan fingerprint density at radius 3 is 2.28 bits per heavy atom. The van der Waals surface area contributed by atoms with E-state index in [-0.39, 0.29) is 0 Å². The number of carboxylic acid groups (broad SMARTS) is 1. The van der Waals surface area contributed by atoms with Gasteiger partial charge < -0.3 is 29.7 Å². The van der Waals surface area contributed by atoms with Crippen LogP contribution in [0.4, 0.5) is 15.5 Å². The van der Waals surface area contributed by atoms with E-state index in [1.54, 1.807) is 18.5 Å². The minimum absolute atomic E-state index is 0.382. The number of pyridine rings is 1. The maximum Gasteiger partial charge on any atom is 0.407 e. The molecular weight excluding hydrogens is 597 g/mol. The molecular formula is C29H33Cl2N7O5. The third-order valence-corrected chi connectivity index (χ3v) is 7.96. The molecule has 3 aromatic rings. The fraction of sp³-hybridized carbons (Fsp3) is 0.414. The van der Waals surface area contributed by atoms with Crippen LogP contribution in [0.3, 0.4) is 0 Å². The number of hydrogen-bond donors (Lipinski definition) is 2. The van der Waals surface area contributed by atoms with Gasteiger partial charge in [-0.3, -0.25) is 4.90 Å². The molecule has 43 heavy (non-hydrogen) atoms. The summed E-state index contributed by atoms with van der Waals surface area (Å²) in [4.78, 5) is 41.9. The first-order valence-electron chi connectivity index (χ1n) is 14.0. The maximum atomic E-state index is 11.4. The highest BCUT2D eigenvalue weighted by Gasteiger charge is 2.23. The number of alkyl carbamates (subject to hydrolysis) is 1. The second-order valence-electron chi connectivity index (χ2n) is 10.5. The van der Waals surface area contributed by atoms with Gasteiger partial charge in [-0.2, -0.15) is 0 Å². The largest absolute Gasteiger partial charge is 0.465 e. The van der Waals surface area contributed by atoms with Gasteiger partial charge in [-0.1, -0.05) is 23.2 Å². The number of nitrogens with zero attached hydrogens (tertiary/aromatic N) is 6. The second-order valence-corrected chi connectivity index (χ2v) is 11.4. The number of piperazine rings is 1. The molecule has 2 aromatic heterocycles. The minimum Gasteiger partial charge on any atom is -0.465 e. The molecule has 2 aliphatic heterocycles. The van der Waals surface area contributed by atoms with E-state index in [1.807, 2.05) is 29.2 Å². The Labute approximate surface area is 259 Å². The number of halogens is 2. The van der Waals surface area contributed by atoms with Gasteiger partial charge in [-0.05, 0) is 61.7 Å². The van der Waals surface area contributed by atoms with Crippen LogP contribution in [0.15, 0.2) is 42.7 Å². The van der Waals surface area contributed by atoms with Gasteiger partial charge >= 0.3 is 12.2 Å². The summed E-state index contributed by atoms with van der Waals surface area (Å²) in [5, 5.41) is 13.0. The molecule has 0 unspecified atom stereocenters. The molecule has 0 saturated carbocycles. The summed E-state index contributed by atoms with van der Waals surface area (Å²) in [6, 6.07) is 9.21. The predicted octanol–water partition coefficient (Wildman–Crippen LogP) is 5.01. The van der Waals surface area contributed by atoms with E-state index in [2.05, 4.69) is 24.9 Å². The lowest BCUT2D eigenvalue weighted by molar-refractivity contribution is 0.142. The van der Waals surface area contributed by atoms with Crippen molar-refractivity contribution in [2.45, 2.75) is 19.4 Å². The first-order chi connectivity index (χ1) is 20.7. The van der Waals surface area contributed by atoms with E-state index in [0.717, 1.165) is 37.1 Å². The smallest absolute Gasteiger partial charge is 0.407 e.